The minimum absolute atomic E-state index is 0.0386. The summed E-state index contributed by atoms with van der Waals surface area (Å²) < 4.78 is 0. The molecule has 0 unspecified atom stereocenters. The molecule has 0 N–H and O–H groups in total. The Morgan fingerprint density at radius 3 is 2.57 bits per heavy atom. The number of non-ortho nitro benzene ring substituents is 1. The van der Waals surface area contributed by atoms with Crippen LogP contribution in [0.15, 0.2) is 18.2 Å². The van der Waals surface area contributed by atoms with E-state index < -0.39 is 4.92 Å². The Balaban J connectivity index is 2.09. The van der Waals surface area contributed by atoms with Crippen molar-refractivity contribution < 1.29 is 9.72 Å². The van der Waals surface area contributed by atoms with Gasteiger partial charge in [-0.1, -0.05) is 0 Å². The van der Waals surface area contributed by atoms with Gasteiger partial charge in [-0.25, -0.2) is 0 Å². The van der Waals surface area contributed by atoms with E-state index in [1.165, 1.54) is 12.1 Å². The lowest BCUT2D eigenvalue weighted by Crippen LogP contribution is -2.37. The van der Waals surface area contributed by atoms with Gasteiger partial charge in [0.25, 0.3) is 5.69 Å². The molecule has 0 spiro atoms. The Kier molecular flexibility index (Phi) is 4.90. The molecule has 114 valence electrons. The van der Waals surface area contributed by atoms with Crippen molar-refractivity contribution in [3.63, 3.8) is 0 Å². The van der Waals surface area contributed by atoms with Crippen molar-refractivity contribution in [1.82, 2.24) is 4.90 Å². The Labute approximate surface area is 124 Å². The predicted octanol–water partition coefficient (Wildman–Crippen LogP) is 2.19. The molecule has 0 atom stereocenters. The van der Waals surface area contributed by atoms with Crippen LogP contribution in [-0.2, 0) is 0 Å². The quantitative estimate of drug-likeness (QED) is 0.472. The summed E-state index contributed by atoms with van der Waals surface area (Å²) in [5.74, 6) is 0.675. The van der Waals surface area contributed by atoms with Gasteiger partial charge in [0.15, 0.2) is 6.29 Å². The van der Waals surface area contributed by atoms with Gasteiger partial charge >= 0.3 is 0 Å². The van der Waals surface area contributed by atoms with Crippen LogP contribution in [0.2, 0.25) is 0 Å². The van der Waals surface area contributed by atoms with Crippen LogP contribution in [0.1, 0.15) is 23.2 Å². The lowest BCUT2D eigenvalue weighted by Gasteiger charge is -2.35. The second kappa shape index (κ2) is 6.67. The number of hydrogen-bond acceptors (Lipinski definition) is 5. The van der Waals surface area contributed by atoms with Crippen LogP contribution >= 0.6 is 0 Å². The second-order valence-electron chi connectivity index (χ2n) is 5.81. The van der Waals surface area contributed by atoms with Gasteiger partial charge in [-0.3, -0.25) is 14.9 Å². The van der Waals surface area contributed by atoms with E-state index in [-0.39, 0.29) is 5.69 Å². The fourth-order valence-electron chi connectivity index (χ4n) is 2.91. The minimum Gasteiger partial charge on any atom is -0.371 e. The molecule has 1 aromatic carbocycles. The zero-order valence-electron chi connectivity index (χ0n) is 12.5. The first-order chi connectivity index (χ1) is 10.0. The van der Waals surface area contributed by atoms with Crippen molar-refractivity contribution in [3.8, 4) is 0 Å². The number of hydrogen-bond donors (Lipinski definition) is 0. The van der Waals surface area contributed by atoms with Gasteiger partial charge in [0, 0.05) is 43.0 Å². The zero-order chi connectivity index (χ0) is 15.4. The van der Waals surface area contributed by atoms with Crippen LogP contribution in [0.5, 0.6) is 0 Å². The molecule has 0 amide bonds. The van der Waals surface area contributed by atoms with Crippen molar-refractivity contribution in [2.24, 2.45) is 5.92 Å². The molecule has 1 aliphatic heterocycles. The number of benzene rings is 1. The van der Waals surface area contributed by atoms with Crippen LogP contribution in [0.25, 0.3) is 0 Å². The Morgan fingerprint density at radius 1 is 1.38 bits per heavy atom. The number of aldehydes is 1. The lowest BCUT2D eigenvalue weighted by atomic mass is 9.95. The first kappa shape index (κ1) is 15.4. The van der Waals surface area contributed by atoms with Gasteiger partial charge in [-0.15, -0.1) is 0 Å². The van der Waals surface area contributed by atoms with Crippen molar-refractivity contribution in [2.45, 2.75) is 12.8 Å². The molecule has 1 aliphatic rings. The monoisotopic (exact) mass is 291 g/mol. The third kappa shape index (κ3) is 3.78. The Hall–Kier alpha value is -1.95. The molecule has 0 radical (unpaired) electrons. The summed E-state index contributed by atoms with van der Waals surface area (Å²) in [7, 11) is 4.15. The summed E-state index contributed by atoms with van der Waals surface area (Å²) in [6, 6.07) is 4.51. The summed E-state index contributed by atoms with van der Waals surface area (Å²) in [6.07, 6.45) is 2.86. The summed E-state index contributed by atoms with van der Waals surface area (Å²) in [6.45, 7) is 2.85. The molecule has 1 heterocycles. The molecule has 0 aromatic heterocycles. The lowest BCUT2D eigenvalue weighted by molar-refractivity contribution is -0.384. The van der Waals surface area contributed by atoms with E-state index in [2.05, 4.69) is 23.9 Å². The zero-order valence-corrected chi connectivity index (χ0v) is 12.5. The summed E-state index contributed by atoms with van der Waals surface area (Å²) in [4.78, 5) is 25.9. The first-order valence-corrected chi connectivity index (χ1v) is 7.14. The van der Waals surface area contributed by atoms with Crippen LogP contribution in [0.3, 0.4) is 0 Å². The Bertz CT molecular complexity index is 523. The molecule has 1 saturated heterocycles. The summed E-state index contributed by atoms with van der Waals surface area (Å²) in [5.41, 5.74) is 1.16. The van der Waals surface area contributed by atoms with Gasteiger partial charge in [0.2, 0.25) is 0 Å². The third-order valence-corrected chi connectivity index (χ3v) is 3.93. The molecule has 1 fully saturated rings. The molecule has 21 heavy (non-hydrogen) atoms. The van der Waals surface area contributed by atoms with Gasteiger partial charge in [0.05, 0.1) is 4.92 Å². The SMILES string of the molecule is CN(C)CC1CCN(c2ccc([N+](=O)[O-])cc2C=O)CC1. The summed E-state index contributed by atoms with van der Waals surface area (Å²) >= 11 is 0. The fraction of sp³-hybridized carbons (Fsp3) is 0.533. The number of nitrogens with zero attached hydrogens (tertiary/aromatic N) is 3. The maximum Gasteiger partial charge on any atom is 0.270 e. The Morgan fingerprint density at radius 2 is 2.05 bits per heavy atom. The van der Waals surface area contributed by atoms with E-state index >= 15 is 0 Å². The molecule has 0 aliphatic carbocycles. The highest BCUT2D eigenvalue weighted by Gasteiger charge is 2.22. The number of carbonyl (C=O) groups excluding carboxylic acids is 1. The van der Waals surface area contributed by atoms with Crippen molar-refractivity contribution in [3.05, 3.63) is 33.9 Å². The van der Waals surface area contributed by atoms with Crippen LogP contribution < -0.4 is 4.90 Å². The van der Waals surface area contributed by atoms with Gasteiger partial charge in [0.1, 0.15) is 0 Å². The van der Waals surface area contributed by atoms with E-state index in [0.717, 1.165) is 38.2 Å². The molecule has 0 bridgehead atoms. The smallest absolute Gasteiger partial charge is 0.270 e. The third-order valence-electron chi connectivity index (χ3n) is 3.93. The highest BCUT2D eigenvalue weighted by molar-refractivity contribution is 5.86. The van der Waals surface area contributed by atoms with Crippen molar-refractivity contribution >= 4 is 17.7 Å². The predicted molar refractivity (Wildman–Crippen MR) is 82.0 cm³/mol. The standard InChI is InChI=1S/C15H21N3O3/c1-16(2)10-12-5-7-17(8-6-12)15-4-3-14(18(20)21)9-13(15)11-19/h3-4,9,11-12H,5-8,10H2,1-2H3. The maximum atomic E-state index is 11.2. The minimum atomic E-state index is -0.472. The molecule has 1 aromatic rings. The number of piperidine rings is 1. The number of anilines is 1. The number of carbonyl (C=O) groups is 1. The van der Waals surface area contributed by atoms with E-state index in [1.54, 1.807) is 6.07 Å². The maximum absolute atomic E-state index is 11.2. The van der Waals surface area contributed by atoms with Gasteiger partial charge < -0.3 is 9.80 Å². The number of nitro benzene ring substituents is 1. The highest BCUT2D eigenvalue weighted by Crippen LogP contribution is 2.28. The number of rotatable bonds is 5. The molecular formula is C15H21N3O3. The fourth-order valence-corrected chi connectivity index (χ4v) is 2.91. The second-order valence-corrected chi connectivity index (χ2v) is 5.81. The van der Waals surface area contributed by atoms with Crippen LogP contribution in [0, 0.1) is 16.0 Å². The average molecular weight is 291 g/mol. The van der Waals surface area contributed by atoms with E-state index in [1.807, 2.05) is 0 Å². The summed E-state index contributed by atoms with van der Waals surface area (Å²) in [5, 5.41) is 10.8. The topological polar surface area (TPSA) is 66.7 Å². The van der Waals surface area contributed by atoms with E-state index in [4.69, 9.17) is 0 Å². The molecule has 2 rings (SSSR count). The largest absolute Gasteiger partial charge is 0.371 e. The average Bonchev–Trinajstić information content (AvgIpc) is 2.46. The van der Waals surface area contributed by atoms with Crippen molar-refractivity contribution in [1.29, 1.82) is 0 Å². The van der Waals surface area contributed by atoms with Gasteiger partial charge in [-0.2, -0.15) is 0 Å². The van der Waals surface area contributed by atoms with E-state index in [9.17, 15) is 14.9 Å². The normalized spacial score (nSPS) is 16.2. The van der Waals surface area contributed by atoms with Gasteiger partial charge in [-0.05, 0) is 38.9 Å². The van der Waals surface area contributed by atoms with Crippen LogP contribution in [-0.4, -0.2) is 49.8 Å². The molecule has 0 saturated carbocycles. The highest BCUT2D eigenvalue weighted by atomic mass is 16.6. The molecule has 6 nitrogen and oxygen atoms in total. The van der Waals surface area contributed by atoms with Crippen LogP contribution in [0.4, 0.5) is 11.4 Å². The molecule has 6 heteroatoms. The van der Waals surface area contributed by atoms with E-state index in [0.29, 0.717) is 17.8 Å². The molecular weight excluding hydrogens is 270 g/mol. The van der Waals surface area contributed by atoms with Crippen molar-refractivity contribution in [2.75, 3.05) is 38.6 Å². The first-order valence-electron chi connectivity index (χ1n) is 7.14. The number of nitro groups is 1.